The van der Waals surface area contributed by atoms with Crippen LogP contribution in [0.4, 0.5) is 0 Å². The maximum absolute atomic E-state index is 12.6. The Morgan fingerprint density at radius 3 is 2.54 bits per heavy atom. The molecule has 7 heteroatoms. The minimum Gasteiger partial charge on any atom is -0.319 e. The monoisotopic (exact) mass is 364 g/mol. The van der Waals surface area contributed by atoms with Crippen molar-refractivity contribution in [2.24, 2.45) is 19.1 Å². The summed E-state index contributed by atoms with van der Waals surface area (Å²) in [4.78, 5) is 29.7. The Kier molecular flexibility index (Phi) is 4.00. The molecule has 2 heterocycles. The summed E-state index contributed by atoms with van der Waals surface area (Å²) in [5.41, 5.74) is 1.42. The second-order valence-electron chi connectivity index (χ2n) is 6.01. The molecule has 0 atom stereocenters. The molecule has 0 saturated carbocycles. The lowest BCUT2D eigenvalue weighted by atomic mass is 10.1. The van der Waals surface area contributed by atoms with Gasteiger partial charge in [0.15, 0.2) is 4.80 Å². The van der Waals surface area contributed by atoms with E-state index in [-0.39, 0.29) is 17.9 Å². The van der Waals surface area contributed by atoms with Crippen LogP contribution in [-0.4, -0.2) is 20.3 Å². The molecule has 0 radical (unpaired) electrons. The Morgan fingerprint density at radius 1 is 1.08 bits per heavy atom. The summed E-state index contributed by atoms with van der Waals surface area (Å²) in [5, 5.41) is 5.52. The minimum atomic E-state index is -0.288. The summed E-state index contributed by atoms with van der Waals surface area (Å²) in [5.74, 6) is -0.288. The molecule has 2 aromatic carbocycles. The summed E-state index contributed by atoms with van der Waals surface area (Å²) in [6.45, 7) is 0. The molecule has 26 heavy (non-hydrogen) atoms. The highest BCUT2D eigenvalue weighted by atomic mass is 32.1. The number of aromatic nitrogens is 3. The van der Waals surface area contributed by atoms with Crippen LogP contribution in [0.25, 0.3) is 21.0 Å². The highest BCUT2D eigenvalue weighted by Crippen LogP contribution is 2.16. The van der Waals surface area contributed by atoms with Crippen LogP contribution in [0.3, 0.4) is 0 Å². The van der Waals surface area contributed by atoms with E-state index in [1.165, 1.54) is 16.0 Å². The predicted molar refractivity (Wildman–Crippen MR) is 102 cm³/mol. The minimum absolute atomic E-state index is 0.0445. The lowest BCUT2D eigenvalue weighted by Crippen LogP contribution is -2.22. The van der Waals surface area contributed by atoms with Crippen LogP contribution in [0.5, 0.6) is 0 Å². The number of hydrogen-bond acceptors (Lipinski definition) is 4. The zero-order valence-electron chi connectivity index (χ0n) is 14.3. The molecule has 0 N–H and O–H groups in total. The number of rotatable bonds is 2. The summed E-state index contributed by atoms with van der Waals surface area (Å²) in [6, 6.07) is 15.1. The molecule has 0 unspecified atom stereocenters. The molecule has 0 bridgehead atoms. The molecule has 4 rings (SSSR count). The van der Waals surface area contributed by atoms with Gasteiger partial charge in [0.05, 0.1) is 27.7 Å². The van der Waals surface area contributed by atoms with Crippen molar-refractivity contribution in [3.8, 4) is 0 Å². The van der Waals surface area contributed by atoms with E-state index in [0.29, 0.717) is 21.3 Å². The van der Waals surface area contributed by atoms with Crippen LogP contribution in [0.15, 0.2) is 58.3 Å². The highest BCUT2D eigenvalue weighted by molar-refractivity contribution is 7.16. The Bertz CT molecular complexity index is 1280. The van der Waals surface area contributed by atoms with Crippen molar-refractivity contribution < 1.29 is 4.79 Å². The largest absolute Gasteiger partial charge is 0.319 e. The molecule has 0 spiro atoms. The smallest absolute Gasteiger partial charge is 0.274 e. The number of benzene rings is 2. The third kappa shape index (κ3) is 2.76. The average molecular weight is 364 g/mol. The SMILES string of the molecule is Cn1nc(CC(=O)N=c2sc3ccccc3n2C)c2ccccc2c1=O. The fourth-order valence-electron chi connectivity index (χ4n) is 2.98. The zero-order valence-corrected chi connectivity index (χ0v) is 15.2. The summed E-state index contributed by atoms with van der Waals surface area (Å²) in [7, 11) is 3.48. The molecule has 0 aliphatic heterocycles. The van der Waals surface area contributed by atoms with Crippen molar-refractivity contribution in [3.63, 3.8) is 0 Å². The van der Waals surface area contributed by atoms with E-state index in [0.717, 1.165) is 10.2 Å². The molecule has 0 aliphatic rings. The molecule has 0 saturated heterocycles. The Hall–Kier alpha value is -3.06. The van der Waals surface area contributed by atoms with Gasteiger partial charge in [0.25, 0.3) is 11.5 Å². The van der Waals surface area contributed by atoms with Crippen LogP contribution >= 0.6 is 11.3 Å². The average Bonchev–Trinajstić information content (AvgIpc) is 2.95. The molecule has 1 amide bonds. The van der Waals surface area contributed by atoms with Gasteiger partial charge in [-0.2, -0.15) is 10.1 Å². The number of thiazole rings is 1. The van der Waals surface area contributed by atoms with Crippen LogP contribution in [0.1, 0.15) is 5.69 Å². The third-order valence-corrected chi connectivity index (χ3v) is 5.40. The van der Waals surface area contributed by atoms with Crippen molar-refractivity contribution in [1.29, 1.82) is 0 Å². The summed E-state index contributed by atoms with van der Waals surface area (Å²) < 4.78 is 4.25. The van der Waals surface area contributed by atoms with Crippen molar-refractivity contribution in [2.45, 2.75) is 6.42 Å². The normalized spacial score (nSPS) is 12.2. The Balaban J connectivity index is 1.77. The molecule has 2 aromatic heterocycles. The van der Waals surface area contributed by atoms with Gasteiger partial charge in [0.2, 0.25) is 0 Å². The summed E-state index contributed by atoms with van der Waals surface area (Å²) in [6.07, 6.45) is 0.0445. The van der Waals surface area contributed by atoms with Gasteiger partial charge in [0.1, 0.15) is 0 Å². The van der Waals surface area contributed by atoms with Gasteiger partial charge in [-0.05, 0) is 18.2 Å². The molecule has 130 valence electrons. The first-order valence-corrected chi connectivity index (χ1v) is 8.93. The number of amides is 1. The first-order chi connectivity index (χ1) is 12.5. The number of carbonyl (C=O) groups excluding carboxylic acids is 1. The van der Waals surface area contributed by atoms with E-state index in [2.05, 4.69) is 10.1 Å². The van der Waals surface area contributed by atoms with Crippen molar-refractivity contribution in [1.82, 2.24) is 14.3 Å². The summed E-state index contributed by atoms with van der Waals surface area (Å²) >= 11 is 1.47. The van der Waals surface area contributed by atoms with E-state index in [1.807, 2.05) is 48.0 Å². The van der Waals surface area contributed by atoms with Crippen molar-refractivity contribution in [2.75, 3.05) is 0 Å². The standard InChI is InChI=1S/C19H16N4O2S/c1-22-15-9-5-6-10-16(15)26-19(22)20-17(24)11-14-12-7-3-4-8-13(12)18(25)23(2)21-14/h3-10H,11H2,1-2H3. The lowest BCUT2D eigenvalue weighted by Gasteiger charge is -2.06. The topological polar surface area (TPSA) is 69.2 Å². The number of fused-ring (bicyclic) bond motifs is 2. The number of hydrogen-bond donors (Lipinski definition) is 0. The molecule has 0 fully saturated rings. The first-order valence-electron chi connectivity index (χ1n) is 8.11. The maximum Gasteiger partial charge on any atom is 0.274 e. The molecule has 4 aromatic rings. The van der Waals surface area contributed by atoms with Gasteiger partial charge < -0.3 is 4.57 Å². The highest BCUT2D eigenvalue weighted by Gasteiger charge is 2.12. The van der Waals surface area contributed by atoms with Crippen LogP contribution in [0.2, 0.25) is 0 Å². The Labute approximate surface area is 152 Å². The second kappa shape index (κ2) is 6.34. The van der Waals surface area contributed by atoms with Crippen LogP contribution in [0, 0.1) is 0 Å². The van der Waals surface area contributed by atoms with Gasteiger partial charge in [-0.25, -0.2) is 4.68 Å². The molecule has 6 nitrogen and oxygen atoms in total. The van der Waals surface area contributed by atoms with E-state index in [4.69, 9.17) is 0 Å². The quantitative estimate of drug-likeness (QED) is 0.547. The fraction of sp³-hybridized carbons (Fsp3) is 0.158. The number of aryl methyl sites for hydroxylation is 2. The first kappa shape index (κ1) is 16.4. The number of carbonyl (C=O) groups is 1. The van der Waals surface area contributed by atoms with Crippen LogP contribution < -0.4 is 10.4 Å². The number of nitrogens with zero attached hydrogens (tertiary/aromatic N) is 4. The molecule has 0 aliphatic carbocycles. The fourth-order valence-corrected chi connectivity index (χ4v) is 4.02. The number of para-hydroxylation sites is 1. The van der Waals surface area contributed by atoms with Gasteiger partial charge in [0, 0.05) is 19.5 Å². The Morgan fingerprint density at radius 2 is 1.77 bits per heavy atom. The second-order valence-corrected chi connectivity index (χ2v) is 7.02. The van der Waals surface area contributed by atoms with Crippen LogP contribution in [-0.2, 0) is 25.3 Å². The zero-order chi connectivity index (χ0) is 18.3. The van der Waals surface area contributed by atoms with Gasteiger partial charge in [-0.1, -0.05) is 41.7 Å². The maximum atomic E-state index is 12.6. The van der Waals surface area contributed by atoms with E-state index >= 15 is 0 Å². The molecular formula is C19H16N4O2S. The third-order valence-electron chi connectivity index (χ3n) is 4.29. The van der Waals surface area contributed by atoms with E-state index in [9.17, 15) is 9.59 Å². The van der Waals surface area contributed by atoms with Crippen molar-refractivity contribution in [3.05, 3.63) is 69.4 Å². The molecular weight excluding hydrogens is 348 g/mol. The van der Waals surface area contributed by atoms with Gasteiger partial charge in [-0.15, -0.1) is 0 Å². The predicted octanol–water partition coefficient (Wildman–Crippen LogP) is 2.16. The van der Waals surface area contributed by atoms with E-state index < -0.39 is 0 Å². The van der Waals surface area contributed by atoms with Crippen molar-refractivity contribution >= 4 is 38.2 Å². The van der Waals surface area contributed by atoms with E-state index in [1.54, 1.807) is 19.2 Å². The lowest BCUT2D eigenvalue weighted by molar-refractivity contribution is -0.117. The van der Waals surface area contributed by atoms with Gasteiger partial charge >= 0.3 is 0 Å². The van der Waals surface area contributed by atoms with Gasteiger partial charge in [-0.3, -0.25) is 9.59 Å².